The Morgan fingerprint density at radius 2 is 2.14 bits per heavy atom. The molecule has 3 N–H and O–H groups in total. The number of nitrogen functional groups attached to an aromatic ring is 1. The van der Waals surface area contributed by atoms with Crippen molar-refractivity contribution in [2.45, 2.75) is 39.3 Å². The van der Waals surface area contributed by atoms with Crippen LogP contribution >= 0.6 is 0 Å². The normalized spacial score (nSPS) is 10.8. The highest BCUT2D eigenvalue weighted by atomic mass is 16.5. The first-order chi connectivity index (χ1) is 10.1. The minimum absolute atomic E-state index is 0.00479. The zero-order chi connectivity index (χ0) is 15.1. The Morgan fingerprint density at radius 1 is 1.29 bits per heavy atom. The molecule has 0 unspecified atom stereocenters. The Hall–Kier alpha value is -2.38. The molecule has 0 radical (unpaired) electrons. The number of nitrogens with two attached hydrogens (primary N) is 1. The van der Waals surface area contributed by atoms with Crippen molar-refractivity contribution in [1.82, 2.24) is 24.5 Å². The number of aryl methyl sites for hydroxylation is 1. The van der Waals surface area contributed by atoms with Crippen LogP contribution in [0.3, 0.4) is 0 Å². The smallest absolute Gasteiger partial charge is 0.323 e. The Kier molecular flexibility index (Phi) is 5.30. The number of aromatic nitrogens is 5. The summed E-state index contributed by atoms with van der Waals surface area (Å²) in [7, 11) is 0. The van der Waals surface area contributed by atoms with Crippen molar-refractivity contribution < 1.29 is 4.74 Å². The lowest BCUT2D eigenvalue weighted by Crippen LogP contribution is -2.13. The van der Waals surface area contributed by atoms with Gasteiger partial charge in [-0.2, -0.15) is 15.0 Å². The minimum atomic E-state index is -0.00479. The molecule has 0 aromatic carbocycles. The van der Waals surface area contributed by atoms with Gasteiger partial charge in [0.25, 0.3) is 0 Å². The standard InChI is InChI=1S/C13H21N7O/c1-10(2)21-13-18-11(14)17-12(19-13)16-5-3-4-7-20-8-6-15-9-20/h6,8-10H,3-5,7H2,1-2H3,(H3,14,16,17,18,19). The SMILES string of the molecule is CC(C)Oc1nc(N)nc(NCCCCn2ccnc2)n1. The molecule has 0 saturated carbocycles. The topological polar surface area (TPSA) is 104 Å². The highest BCUT2D eigenvalue weighted by Crippen LogP contribution is 2.10. The number of imidazole rings is 1. The molecular formula is C13H21N7O. The highest BCUT2D eigenvalue weighted by molar-refractivity contribution is 5.32. The number of nitrogens with zero attached hydrogens (tertiary/aromatic N) is 5. The molecule has 2 aromatic rings. The molecule has 2 rings (SSSR count). The highest BCUT2D eigenvalue weighted by Gasteiger charge is 2.06. The van der Waals surface area contributed by atoms with Gasteiger partial charge >= 0.3 is 6.01 Å². The van der Waals surface area contributed by atoms with E-state index in [1.165, 1.54) is 0 Å². The summed E-state index contributed by atoms with van der Waals surface area (Å²) in [6, 6.07) is 0.249. The quantitative estimate of drug-likeness (QED) is 0.707. The van der Waals surface area contributed by atoms with Crippen molar-refractivity contribution in [1.29, 1.82) is 0 Å². The third-order valence-electron chi connectivity index (χ3n) is 2.66. The van der Waals surface area contributed by atoms with Gasteiger partial charge in [-0.05, 0) is 26.7 Å². The fourth-order valence-electron chi connectivity index (χ4n) is 1.75. The van der Waals surface area contributed by atoms with Crippen LogP contribution in [0.25, 0.3) is 0 Å². The molecule has 2 aromatic heterocycles. The lowest BCUT2D eigenvalue weighted by atomic mass is 10.3. The van der Waals surface area contributed by atoms with Gasteiger partial charge in [0.05, 0.1) is 12.4 Å². The zero-order valence-corrected chi connectivity index (χ0v) is 12.4. The van der Waals surface area contributed by atoms with Crippen LogP contribution in [0.4, 0.5) is 11.9 Å². The summed E-state index contributed by atoms with van der Waals surface area (Å²) in [4.78, 5) is 16.1. The van der Waals surface area contributed by atoms with Crippen LogP contribution in [0.5, 0.6) is 6.01 Å². The second-order valence-corrected chi connectivity index (χ2v) is 4.90. The monoisotopic (exact) mass is 291 g/mol. The van der Waals surface area contributed by atoms with Gasteiger partial charge in [0, 0.05) is 25.5 Å². The van der Waals surface area contributed by atoms with E-state index in [2.05, 4.69) is 29.8 Å². The van der Waals surface area contributed by atoms with Crippen molar-refractivity contribution in [3.63, 3.8) is 0 Å². The Morgan fingerprint density at radius 3 is 2.86 bits per heavy atom. The van der Waals surface area contributed by atoms with Gasteiger partial charge in [-0.3, -0.25) is 0 Å². The molecule has 0 aliphatic heterocycles. The lowest BCUT2D eigenvalue weighted by Gasteiger charge is -2.10. The van der Waals surface area contributed by atoms with Gasteiger partial charge in [-0.25, -0.2) is 4.98 Å². The Labute approximate surface area is 123 Å². The molecule has 0 spiro atoms. The second-order valence-electron chi connectivity index (χ2n) is 4.90. The molecule has 0 atom stereocenters. The molecule has 0 amide bonds. The third-order valence-corrected chi connectivity index (χ3v) is 2.66. The van der Waals surface area contributed by atoms with Gasteiger partial charge in [-0.1, -0.05) is 0 Å². The second kappa shape index (κ2) is 7.41. The summed E-state index contributed by atoms with van der Waals surface area (Å²) in [5.74, 6) is 0.599. The van der Waals surface area contributed by atoms with Crippen molar-refractivity contribution in [2.24, 2.45) is 0 Å². The molecule has 8 nitrogen and oxygen atoms in total. The molecule has 0 aliphatic carbocycles. The van der Waals surface area contributed by atoms with Crippen LogP contribution in [-0.4, -0.2) is 37.2 Å². The fourth-order valence-corrected chi connectivity index (χ4v) is 1.75. The molecule has 8 heteroatoms. The van der Waals surface area contributed by atoms with E-state index in [1.807, 2.05) is 26.4 Å². The number of hydrogen-bond donors (Lipinski definition) is 2. The van der Waals surface area contributed by atoms with E-state index in [0.29, 0.717) is 5.95 Å². The maximum atomic E-state index is 5.64. The predicted molar refractivity (Wildman–Crippen MR) is 80.0 cm³/mol. The van der Waals surface area contributed by atoms with Gasteiger partial charge in [0.2, 0.25) is 11.9 Å². The summed E-state index contributed by atoms with van der Waals surface area (Å²) in [5, 5.41) is 3.13. The lowest BCUT2D eigenvalue weighted by molar-refractivity contribution is 0.222. The van der Waals surface area contributed by atoms with E-state index in [9.17, 15) is 0 Å². The molecule has 0 aliphatic rings. The first-order valence-corrected chi connectivity index (χ1v) is 7.01. The van der Waals surface area contributed by atoms with E-state index < -0.39 is 0 Å². The number of ether oxygens (including phenoxy) is 1. The first-order valence-electron chi connectivity index (χ1n) is 7.01. The molecule has 0 bridgehead atoms. The van der Waals surface area contributed by atoms with Crippen LogP contribution in [0, 0.1) is 0 Å². The van der Waals surface area contributed by atoms with E-state index in [1.54, 1.807) is 6.20 Å². The van der Waals surface area contributed by atoms with Crippen LogP contribution in [0.15, 0.2) is 18.7 Å². The van der Waals surface area contributed by atoms with Crippen molar-refractivity contribution in [3.8, 4) is 6.01 Å². The number of nitrogens with one attached hydrogen (secondary N) is 1. The van der Waals surface area contributed by atoms with Gasteiger partial charge in [-0.15, -0.1) is 0 Å². The van der Waals surface area contributed by atoms with E-state index >= 15 is 0 Å². The first kappa shape index (κ1) is 15.0. The third kappa shape index (κ3) is 5.25. The minimum Gasteiger partial charge on any atom is -0.461 e. The summed E-state index contributed by atoms with van der Waals surface area (Å²) in [6.07, 6.45) is 7.58. The molecule has 0 saturated heterocycles. The number of unbranched alkanes of at least 4 members (excludes halogenated alkanes) is 1. The molecule has 21 heavy (non-hydrogen) atoms. The van der Waals surface area contributed by atoms with Crippen LogP contribution < -0.4 is 15.8 Å². The number of anilines is 2. The molecule has 114 valence electrons. The average Bonchev–Trinajstić information content (AvgIpc) is 2.90. The predicted octanol–water partition coefficient (Wildman–Crippen LogP) is 1.33. The van der Waals surface area contributed by atoms with Gasteiger partial charge < -0.3 is 20.4 Å². The average molecular weight is 291 g/mol. The summed E-state index contributed by atoms with van der Waals surface area (Å²) in [6.45, 7) is 5.52. The fraction of sp³-hybridized carbons (Fsp3) is 0.538. The number of hydrogen-bond acceptors (Lipinski definition) is 7. The maximum absolute atomic E-state index is 5.64. The molecule has 0 fully saturated rings. The van der Waals surface area contributed by atoms with Crippen molar-refractivity contribution in [2.75, 3.05) is 17.6 Å². The van der Waals surface area contributed by atoms with Crippen LogP contribution in [-0.2, 0) is 6.54 Å². The van der Waals surface area contributed by atoms with E-state index in [4.69, 9.17) is 10.5 Å². The maximum Gasteiger partial charge on any atom is 0.323 e. The Balaban J connectivity index is 1.75. The van der Waals surface area contributed by atoms with Crippen LogP contribution in [0.2, 0.25) is 0 Å². The Bertz CT molecular complexity index is 541. The zero-order valence-electron chi connectivity index (χ0n) is 12.4. The van der Waals surface area contributed by atoms with Gasteiger partial charge in [0.15, 0.2) is 0 Å². The van der Waals surface area contributed by atoms with E-state index in [-0.39, 0.29) is 18.1 Å². The van der Waals surface area contributed by atoms with Crippen LogP contribution in [0.1, 0.15) is 26.7 Å². The summed E-state index contributed by atoms with van der Waals surface area (Å²) < 4.78 is 7.47. The van der Waals surface area contributed by atoms with E-state index in [0.717, 1.165) is 25.9 Å². The molecule has 2 heterocycles. The van der Waals surface area contributed by atoms with Crippen molar-refractivity contribution in [3.05, 3.63) is 18.7 Å². The van der Waals surface area contributed by atoms with Gasteiger partial charge in [0.1, 0.15) is 0 Å². The summed E-state index contributed by atoms with van der Waals surface area (Å²) >= 11 is 0. The molecular weight excluding hydrogens is 270 g/mol. The number of rotatable bonds is 8. The van der Waals surface area contributed by atoms with Crippen molar-refractivity contribution >= 4 is 11.9 Å². The largest absolute Gasteiger partial charge is 0.461 e. The summed E-state index contributed by atoms with van der Waals surface area (Å²) in [5.41, 5.74) is 5.64.